The van der Waals surface area contributed by atoms with Gasteiger partial charge in [-0.2, -0.15) is 4.31 Å². The highest BCUT2D eigenvalue weighted by Crippen LogP contribution is 2.33. The molecule has 0 atom stereocenters. The molecule has 5 nitrogen and oxygen atoms in total. The first-order chi connectivity index (χ1) is 9.77. The van der Waals surface area contributed by atoms with Crippen LogP contribution in [0.1, 0.15) is 19.4 Å². The Morgan fingerprint density at radius 2 is 2.10 bits per heavy atom. The lowest BCUT2D eigenvalue weighted by Crippen LogP contribution is -2.32. The van der Waals surface area contributed by atoms with Crippen molar-refractivity contribution in [1.82, 2.24) is 4.31 Å². The number of nitrogens with zero attached hydrogens (tertiary/aromatic N) is 1. The molecule has 0 radical (unpaired) electrons. The topological polar surface area (TPSA) is 66.8 Å². The Hall–Kier alpha value is -1.08. The molecule has 1 aromatic carbocycles. The highest BCUT2D eigenvalue weighted by Gasteiger charge is 2.28. The van der Waals surface area contributed by atoms with Crippen LogP contribution in [0.15, 0.2) is 29.2 Å². The van der Waals surface area contributed by atoms with Gasteiger partial charge < -0.3 is 9.84 Å². The van der Waals surface area contributed by atoms with Gasteiger partial charge >= 0.3 is 0 Å². The summed E-state index contributed by atoms with van der Waals surface area (Å²) in [5.41, 5.74) is 1.05. The van der Waals surface area contributed by atoms with Crippen LogP contribution in [0.3, 0.4) is 0 Å². The van der Waals surface area contributed by atoms with Crippen molar-refractivity contribution in [1.29, 1.82) is 0 Å². The molecule has 1 aromatic rings. The monoisotopic (exact) mass is 333 g/mol. The van der Waals surface area contributed by atoms with Gasteiger partial charge in [-0.05, 0) is 19.1 Å². The number of hydrogen-bond acceptors (Lipinski definition) is 4. The highest BCUT2D eigenvalue weighted by atomic mass is 35.5. The van der Waals surface area contributed by atoms with Gasteiger partial charge in [0.2, 0.25) is 10.0 Å². The number of ether oxygens (including phenoxy) is 1. The number of methoxy groups -OCH3 is 1. The summed E-state index contributed by atoms with van der Waals surface area (Å²) < 4.78 is 32.0. The molecule has 0 heterocycles. The third-order valence-electron chi connectivity index (χ3n) is 2.89. The fraction of sp³-hybridized carbons (Fsp3) is 0.429. The van der Waals surface area contributed by atoms with Gasteiger partial charge in [0.25, 0.3) is 0 Å². The first-order valence-electron chi connectivity index (χ1n) is 6.39. The lowest BCUT2D eigenvalue weighted by Gasteiger charge is -2.22. The third kappa shape index (κ3) is 3.97. The average Bonchev–Trinajstić information content (AvgIpc) is 2.43. The molecule has 0 saturated heterocycles. The highest BCUT2D eigenvalue weighted by molar-refractivity contribution is 7.89. The second kappa shape index (κ2) is 7.26. The van der Waals surface area contributed by atoms with Crippen LogP contribution in [0.2, 0.25) is 5.02 Å². The second-order valence-electron chi connectivity index (χ2n) is 4.64. The molecule has 7 heteroatoms. The van der Waals surface area contributed by atoms with Crippen LogP contribution in [0.25, 0.3) is 0 Å². The van der Waals surface area contributed by atoms with Gasteiger partial charge in [0, 0.05) is 23.7 Å². The molecule has 0 unspecified atom stereocenters. The molecule has 0 aliphatic rings. The fourth-order valence-corrected chi connectivity index (χ4v) is 4.01. The zero-order valence-corrected chi connectivity index (χ0v) is 14.0. The number of rotatable bonds is 7. The molecular formula is C14H20ClNO4S. The maximum absolute atomic E-state index is 12.8. The summed E-state index contributed by atoms with van der Waals surface area (Å²) in [6, 6.07) is 2.81. The predicted molar refractivity (Wildman–Crippen MR) is 83.2 cm³/mol. The first kappa shape index (κ1) is 18.0. The number of benzene rings is 1. The summed E-state index contributed by atoms with van der Waals surface area (Å²) >= 11 is 5.95. The minimum absolute atomic E-state index is 0.0512. The van der Waals surface area contributed by atoms with Gasteiger partial charge in [-0.15, -0.1) is 0 Å². The normalized spacial score (nSPS) is 11.7. The molecule has 1 rings (SSSR count). The number of likely N-dealkylation sites (N-methyl/N-ethyl adjacent to an activating group) is 1. The van der Waals surface area contributed by atoms with Crippen molar-refractivity contribution < 1.29 is 18.3 Å². The maximum atomic E-state index is 12.8. The summed E-state index contributed by atoms with van der Waals surface area (Å²) in [5, 5.41) is 9.57. The van der Waals surface area contributed by atoms with Crippen LogP contribution in [-0.2, 0) is 16.6 Å². The summed E-state index contributed by atoms with van der Waals surface area (Å²) in [6.07, 6.45) is 0. The van der Waals surface area contributed by atoms with E-state index in [1.807, 2.05) is 0 Å². The van der Waals surface area contributed by atoms with Crippen molar-refractivity contribution in [3.05, 3.63) is 34.9 Å². The molecule has 0 bridgehead atoms. The maximum Gasteiger partial charge on any atom is 0.247 e. The molecule has 0 fully saturated rings. The Labute approximate surface area is 130 Å². The standard InChI is InChI=1S/C14H20ClNO4S/c1-5-16(8-10(2)3)21(18,19)13-7-12(15)6-11(9-17)14(13)20-4/h6-7,17H,2,5,8-9H2,1,3-4H3. The fourth-order valence-electron chi connectivity index (χ4n) is 1.97. The van der Waals surface area contributed by atoms with E-state index >= 15 is 0 Å². The van der Waals surface area contributed by atoms with Crippen LogP contribution < -0.4 is 4.74 Å². The zero-order chi connectivity index (χ0) is 16.2. The second-order valence-corrected chi connectivity index (χ2v) is 6.99. The van der Waals surface area contributed by atoms with Crippen LogP contribution >= 0.6 is 11.6 Å². The molecule has 0 saturated carbocycles. The largest absolute Gasteiger partial charge is 0.495 e. The molecule has 0 spiro atoms. The number of hydrogen-bond donors (Lipinski definition) is 1. The predicted octanol–water partition coefficient (Wildman–Crippen LogP) is 2.43. The quantitative estimate of drug-likeness (QED) is 0.778. The van der Waals surface area contributed by atoms with E-state index in [1.165, 1.54) is 23.5 Å². The van der Waals surface area contributed by atoms with Gasteiger partial charge in [0.1, 0.15) is 10.6 Å². The van der Waals surface area contributed by atoms with E-state index in [4.69, 9.17) is 16.3 Å². The third-order valence-corrected chi connectivity index (χ3v) is 5.03. The lowest BCUT2D eigenvalue weighted by molar-refractivity contribution is 0.272. The lowest BCUT2D eigenvalue weighted by atomic mass is 10.2. The van der Waals surface area contributed by atoms with Gasteiger partial charge in [-0.25, -0.2) is 8.42 Å². The van der Waals surface area contributed by atoms with Gasteiger partial charge in [-0.1, -0.05) is 30.7 Å². The van der Waals surface area contributed by atoms with Crippen molar-refractivity contribution in [2.24, 2.45) is 0 Å². The van der Waals surface area contributed by atoms with Crippen molar-refractivity contribution in [2.45, 2.75) is 25.3 Å². The van der Waals surface area contributed by atoms with E-state index in [0.29, 0.717) is 12.1 Å². The van der Waals surface area contributed by atoms with Crippen LogP contribution in [0, 0.1) is 0 Å². The van der Waals surface area contributed by atoms with Gasteiger partial charge in [0.05, 0.1) is 13.7 Å². The molecule has 118 valence electrons. The Morgan fingerprint density at radius 3 is 2.52 bits per heavy atom. The minimum Gasteiger partial charge on any atom is -0.495 e. The first-order valence-corrected chi connectivity index (χ1v) is 8.21. The van der Waals surface area contributed by atoms with Crippen molar-refractivity contribution in [2.75, 3.05) is 20.2 Å². The van der Waals surface area contributed by atoms with Crippen molar-refractivity contribution in [3.63, 3.8) is 0 Å². The van der Waals surface area contributed by atoms with E-state index in [0.717, 1.165) is 5.57 Å². The number of sulfonamides is 1. The van der Waals surface area contributed by atoms with E-state index in [-0.39, 0.29) is 28.8 Å². The van der Waals surface area contributed by atoms with E-state index in [2.05, 4.69) is 6.58 Å². The van der Waals surface area contributed by atoms with Crippen molar-refractivity contribution in [3.8, 4) is 5.75 Å². The van der Waals surface area contributed by atoms with Crippen molar-refractivity contribution >= 4 is 21.6 Å². The minimum atomic E-state index is -3.79. The SMILES string of the molecule is C=C(C)CN(CC)S(=O)(=O)c1cc(Cl)cc(CO)c1OC. The smallest absolute Gasteiger partial charge is 0.247 e. The summed E-state index contributed by atoms with van der Waals surface area (Å²) in [7, 11) is -2.43. The molecule has 0 aliphatic heterocycles. The summed E-state index contributed by atoms with van der Waals surface area (Å²) in [5.74, 6) is 0.113. The van der Waals surface area contributed by atoms with E-state index in [1.54, 1.807) is 13.8 Å². The Morgan fingerprint density at radius 1 is 1.48 bits per heavy atom. The Kier molecular flexibility index (Phi) is 6.22. The van der Waals surface area contributed by atoms with E-state index < -0.39 is 10.0 Å². The Balaban J connectivity index is 3.49. The van der Waals surface area contributed by atoms with Crippen LogP contribution in [0.4, 0.5) is 0 Å². The summed E-state index contributed by atoms with van der Waals surface area (Å²) in [6.45, 7) is 7.38. The Bertz CT molecular complexity index is 628. The molecule has 21 heavy (non-hydrogen) atoms. The number of aliphatic hydroxyl groups excluding tert-OH is 1. The van der Waals surface area contributed by atoms with Gasteiger partial charge in [-0.3, -0.25) is 0 Å². The van der Waals surface area contributed by atoms with Gasteiger partial charge in [0.15, 0.2) is 0 Å². The summed E-state index contributed by atoms with van der Waals surface area (Å²) in [4.78, 5) is -0.0512. The average molecular weight is 334 g/mol. The number of halogens is 1. The van der Waals surface area contributed by atoms with Crippen LogP contribution in [0.5, 0.6) is 5.75 Å². The number of aliphatic hydroxyl groups is 1. The molecular weight excluding hydrogens is 314 g/mol. The van der Waals surface area contributed by atoms with E-state index in [9.17, 15) is 13.5 Å². The molecule has 1 N–H and O–H groups in total. The molecule has 0 aromatic heterocycles. The molecule has 0 amide bonds. The van der Waals surface area contributed by atoms with Crippen LogP contribution in [-0.4, -0.2) is 38.0 Å². The zero-order valence-electron chi connectivity index (χ0n) is 12.4. The molecule has 0 aliphatic carbocycles.